The van der Waals surface area contributed by atoms with E-state index in [0.29, 0.717) is 28.7 Å². The fourth-order valence-corrected chi connectivity index (χ4v) is 3.54. The average Bonchev–Trinajstić information content (AvgIpc) is 3.49. The van der Waals surface area contributed by atoms with Crippen molar-refractivity contribution in [2.45, 2.75) is 0 Å². The lowest BCUT2D eigenvalue weighted by molar-refractivity contribution is 0.632. The second kappa shape index (κ2) is 9.10. The molecule has 10 heteroatoms. The number of hydrogen-bond acceptors (Lipinski definition) is 7. The second-order valence-corrected chi connectivity index (χ2v) is 7.83. The van der Waals surface area contributed by atoms with Crippen molar-refractivity contribution in [1.29, 1.82) is 0 Å². The van der Waals surface area contributed by atoms with Gasteiger partial charge in [0.25, 0.3) is 0 Å². The third kappa shape index (κ3) is 4.71. The van der Waals surface area contributed by atoms with E-state index in [4.69, 9.17) is 0 Å². The molecule has 4 N–H and O–H groups in total. The quantitative estimate of drug-likeness (QED) is 0.223. The predicted octanol–water partition coefficient (Wildman–Crippen LogP) is 5.49. The minimum Gasteiger partial charge on any atom is -0.356 e. The van der Waals surface area contributed by atoms with E-state index in [1.165, 1.54) is 6.07 Å². The van der Waals surface area contributed by atoms with Gasteiger partial charge < -0.3 is 16.0 Å². The van der Waals surface area contributed by atoms with Crippen molar-refractivity contribution < 1.29 is 4.39 Å². The lowest BCUT2D eigenvalue weighted by Crippen LogP contribution is -2.04. The first-order chi connectivity index (χ1) is 17.0. The highest BCUT2D eigenvalue weighted by molar-refractivity contribution is 5.87. The second-order valence-electron chi connectivity index (χ2n) is 7.83. The van der Waals surface area contributed by atoms with Gasteiger partial charge in [-0.1, -0.05) is 19.2 Å². The van der Waals surface area contributed by atoms with Crippen LogP contribution < -0.4 is 16.0 Å². The number of nitrogens with one attached hydrogen (secondary N) is 4. The maximum absolute atomic E-state index is 14.8. The van der Waals surface area contributed by atoms with Crippen molar-refractivity contribution in [3.8, 4) is 11.1 Å². The van der Waals surface area contributed by atoms with Crippen LogP contribution in [-0.4, -0.2) is 29.9 Å². The van der Waals surface area contributed by atoms with Crippen LogP contribution in [0.4, 0.5) is 33.2 Å². The minimum atomic E-state index is -0.434. The van der Waals surface area contributed by atoms with E-state index in [1.54, 1.807) is 47.7 Å². The molecule has 9 nitrogen and oxygen atoms in total. The standard InChI is InChI=1S/C25H22FN9/c1-4-15(2)30-18-6-7-21(26)23(10-18)32-24-20(16-5-8-22-17(9-16)11-28-34-22)13-27-25(33-24)31-19-12-29-35(3)14-19/h4-14,30H,1-2H2,3H3,(H,28,34)(H2,27,31,32,33). The molecule has 3 heterocycles. The average molecular weight is 468 g/mol. The minimum absolute atomic E-state index is 0.239. The van der Waals surface area contributed by atoms with Gasteiger partial charge in [-0.15, -0.1) is 0 Å². The van der Waals surface area contributed by atoms with Crippen molar-refractivity contribution >= 4 is 39.7 Å². The number of aromatic nitrogens is 6. The van der Waals surface area contributed by atoms with Gasteiger partial charge in [0, 0.05) is 41.8 Å². The first-order valence-corrected chi connectivity index (χ1v) is 10.7. The summed E-state index contributed by atoms with van der Waals surface area (Å²) in [6, 6.07) is 10.5. The molecule has 0 atom stereocenters. The number of halogens is 1. The van der Waals surface area contributed by atoms with Gasteiger partial charge in [-0.3, -0.25) is 9.78 Å². The molecular formula is C25H22FN9. The van der Waals surface area contributed by atoms with E-state index in [2.05, 4.69) is 54.4 Å². The van der Waals surface area contributed by atoms with Crippen molar-refractivity contribution in [3.05, 3.63) is 91.9 Å². The summed E-state index contributed by atoms with van der Waals surface area (Å²) in [5, 5.41) is 21.4. The van der Waals surface area contributed by atoms with Gasteiger partial charge in [0.1, 0.15) is 11.6 Å². The molecule has 0 unspecified atom stereocenters. The molecule has 0 fully saturated rings. The van der Waals surface area contributed by atoms with Crippen molar-refractivity contribution in [3.63, 3.8) is 0 Å². The molecular weight excluding hydrogens is 445 g/mol. The number of nitrogens with zero attached hydrogens (tertiary/aromatic N) is 5. The highest BCUT2D eigenvalue weighted by atomic mass is 19.1. The van der Waals surface area contributed by atoms with Crippen molar-refractivity contribution in [1.82, 2.24) is 29.9 Å². The van der Waals surface area contributed by atoms with Gasteiger partial charge >= 0.3 is 0 Å². The van der Waals surface area contributed by atoms with E-state index in [-0.39, 0.29) is 5.69 Å². The molecule has 174 valence electrons. The SMILES string of the molecule is C=CC(=C)Nc1ccc(F)c(Nc2nc(Nc3cnn(C)c3)ncc2-c2ccc3[nH]ncc3c2)c1. The smallest absolute Gasteiger partial charge is 0.229 e. The Morgan fingerprint density at radius 2 is 1.97 bits per heavy atom. The van der Waals surface area contributed by atoms with Crippen LogP contribution in [0.15, 0.2) is 86.1 Å². The number of benzene rings is 2. The number of anilines is 5. The van der Waals surface area contributed by atoms with E-state index in [1.807, 2.05) is 25.2 Å². The molecule has 0 radical (unpaired) electrons. The summed E-state index contributed by atoms with van der Waals surface area (Å²) < 4.78 is 16.5. The molecule has 0 aliphatic heterocycles. The molecule has 0 aliphatic rings. The Morgan fingerprint density at radius 3 is 2.77 bits per heavy atom. The predicted molar refractivity (Wildman–Crippen MR) is 136 cm³/mol. The van der Waals surface area contributed by atoms with Gasteiger partial charge in [0.15, 0.2) is 0 Å². The number of aryl methyl sites for hydroxylation is 1. The third-order valence-corrected chi connectivity index (χ3v) is 5.27. The molecule has 0 amide bonds. The van der Waals surface area contributed by atoms with Gasteiger partial charge in [-0.2, -0.15) is 15.2 Å². The third-order valence-electron chi connectivity index (χ3n) is 5.27. The topological polar surface area (TPSA) is 108 Å². The van der Waals surface area contributed by atoms with E-state index < -0.39 is 5.82 Å². The molecule has 0 aliphatic carbocycles. The van der Waals surface area contributed by atoms with Crippen LogP contribution in [0, 0.1) is 5.82 Å². The lowest BCUT2D eigenvalue weighted by Gasteiger charge is -2.15. The van der Waals surface area contributed by atoms with Gasteiger partial charge in [-0.05, 0) is 42.0 Å². The van der Waals surface area contributed by atoms with Gasteiger partial charge in [-0.25, -0.2) is 9.37 Å². The normalized spacial score (nSPS) is 10.8. The highest BCUT2D eigenvalue weighted by Gasteiger charge is 2.14. The molecule has 0 bridgehead atoms. The Labute approximate surface area is 200 Å². The van der Waals surface area contributed by atoms with Crippen molar-refractivity contribution in [2.24, 2.45) is 7.05 Å². The summed E-state index contributed by atoms with van der Waals surface area (Å²) in [5.74, 6) is 0.326. The number of aromatic amines is 1. The lowest BCUT2D eigenvalue weighted by atomic mass is 10.1. The maximum Gasteiger partial charge on any atom is 0.229 e. The number of fused-ring (bicyclic) bond motifs is 1. The van der Waals surface area contributed by atoms with E-state index in [9.17, 15) is 4.39 Å². The molecule has 5 rings (SSSR count). The summed E-state index contributed by atoms with van der Waals surface area (Å²) >= 11 is 0. The molecule has 35 heavy (non-hydrogen) atoms. The van der Waals surface area contributed by atoms with Crippen LogP contribution >= 0.6 is 0 Å². The van der Waals surface area contributed by atoms with Crippen LogP contribution in [0.5, 0.6) is 0 Å². The fourth-order valence-electron chi connectivity index (χ4n) is 3.54. The van der Waals surface area contributed by atoms with Crippen LogP contribution in [0.2, 0.25) is 0 Å². The zero-order chi connectivity index (χ0) is 24.4. The van der Waals surface area contributed by atoms with E-state index in [0.717, 1.165) is 22.2 Å². The van der Waals surface area contributed by atoms with Crippen LogP contribution in [0.3, 0.4) is 0 Å². The van der Waals surface area contributed by atoms with Crippen LogP contribution in [-0.2, 0) is 7.05 Å². The number of hydrogen-bond donors (Lipinski definition) is 4. The Morgan fingerprint density at radius 1 is 1.09 bits per heavy atom. The first-order valence-electron chi connectivity index (χ1n) is 10.7. The summed E-state index contributed by atoms with van der Waals surface area (Å²) in [6.45, 7) is 7.53. The molecule has 0 saturated heterocycles. The Balaban J connectivity index is 1.56. The van der Waals surface area contributed by atoms with Crippen LogP contribution in [0.25, 0.3) is 22.0 Å². The Hall–Kier alpha value is -4.99. The molecule has 3 aromatic heterocycles. The molecule has 0 saturated carbocycles. The van der Waals surface area contributed by atoms with Gasteiger partial charge in [0.05, 0.1) is 29.3 Å². The number of allylic oxidation sites excluding steroid dienone is 1. The fraction of sp³-hybridized carbons (Fsp3) is 0.0400. The molecule has 5 aromatic rings. The summed E-state index contributed by atoms with van der Waals surface area (Å²) in [7, 11) is 1.82. The summed E-state index contributed by atoms with van der Waals surface area (Å²) in [5.41, 5.74) is 4.67. The summed E-state index contributed by atoms with van der Waals surface area (Å²) in [6.07, 6.45) is 8.49. The molecule has 0 spiro atoms. The largest absolute Gasteiger partial charge is 0.356 e. The van der Waals surface area contributed by atoms with E-state index >= 15 is 0 Å². The maximum atomic E-state index is 14.8. The van der Waals surface area contributed by atoms with Gasteiger partial charge in [0.2, 0.25) is 5.95 Å². The zero-order valence-corrected chi connectivity index (χ0v) is 18.9. The summed E-state index contributed by atoms with van der Waals surface area (Å²) in [4.78, 5) is 9.12. The zero-order valence-electron chi connectivity index (χ0n) is 18.9. The Bertz CT molecular complexity index is 1550. The Kier molecular flexibility index (Phi) is 5.68. The highest BCUT2D eigenvalue weighted by Crippen LogP contribution is 2.33. The van der Waals surface area contributed by atoms with Crippen LogP contribution in [0.1, 0.15) is 0 Å². The monoisotopic (exact) mass is 467 g/mol. The molecule has 2 aromatic carbocycles. The van der Waals surface area contributed by atoms with Crippen molar-refractivity contribution in [2.75, 3.05) is 16.0 Å². The first kappa shape index (κ1) is 21.8. The number of rotatable bonds is 8. The number of H-pyrrole nitrogens is 1.